The van der Waals surface area contributed by atoms with Crippen LogP contribution in [0.3, 0.4) is 0 Å². The lowest BCUT2D eigenvalue weighted by Crippen LogP contribution is -2.48. The van der Waals surface area contributed by atoms with E-state index in [1.54, 1.807) is 24.2 Å². The number of carbonyl (C=O) groups excluding carboxylic acids is 1. The number of H-pyrrole nitrogens is 1. The highest BCUT2D eigenvalue weighted by Crippen LogP contribution is 2.27. The zero-order valence-electron chi connectivity index (χ0n) is 21.1. The van der Waals surface area contributed by atoms with Gasteiger partial charge in [0.2, 0.25) is 5.91 Å². The van der Waals surface area contributed by atoms with Crippen molar-refractivity contribution < 1.29 is 28.5 Å². The Morgan fingerprint density at radius 2 is 1.81 bits per heavy atom. The number of methoxy groups -OCH3 is 1. The molecule has 3 aromatic rings. The zero-order valence-corrected chi connectivity index (χ0v) is 21.1. The predicted molar refractivity (Wildman–Crippen MR) is 136 cm³/mol. The Hall–Kier alpha value is -4.12. The highest BCUT2D eigenvalue weighted by molar-refractivity contribution is 5.91. The molecule has 1 saturated heterocycles. The fraction of sp³-hybridized carbons (Fsp3) is 0.385. The molecule has 0 spiro atoms. The van der Waals surface area contributed by atoms with Crippen LogP contribution < -0.4 is 18.9 Å². The molecule has 11 nitrogen and oxygen atoms in total. The van der Waals surface area contributed by atoms with Crippen molar-refractivity contribution in [3.63, 3.8) is 0 Å². The standard InChI is InChI=1S/C26H31N5O6/c1-5-10-35-24-28-25(36-11-6-2)30-26(29-24)37-16-19-15-31(9-12-34-19)23(32)14-20-17(3)27-22-8-7-18(33-4)13-21(20)22/h5-8,13,19,27H,1-2,9-12,14-16H2,3-4H3. The number of rotatable bonds is 12. The van der Waals surface area contributed by atoms with Crippen molar-refractivity contribution in [2.45, 2.75) is 19.4 Å². The number of aromatic amines is 1. The first-order valence-corrected chi connectivity index (χ1v) is 11.9. The van der Waals surface area contributed by atoms with Gasteiger partial charge in [-0.25, -0.2) is 0 Å². The van der Waals surface area contributed by atoms with Crippen molar-refractivity contribution in [1.29, 1.82) is 0 Å². The Kier molecular flexibility index (Phi) is 8.57. The molecule has 1 fully saturated rings. The smallest absolute Gasteiger partial charge is 0.326 e. The number of fused-ring (bicyclic) bond motifs is 1. The van der Waals surface area contributed by atoms with Crippen LogP contribution in [0.15, 0.2) is 43.5 Å². The number of morpholine rings is 1. The number of carbonyl (C=O) groups is 1. The molecule has 1 N–H and O–H groups in total. The van der Waals surface area contributed by atoms with E-state index >= 15 is 0 Å². The van der Waals surface area contributed by atoms with E-state index in [-0.39, 0.29) is 56.3 Å². The summed E-state index contributed by atoms with van der Waals surface area (Å²) in [7, 11) is 1.63. The van der Waals surface area contributed by atoms with Crippen LogP contribution in [-0.2, 0) is 16.0 Å². The summed E-state index contributed by atoms with van der Waals surface area (Å²) in [6.45, 7) is 11.1. The molecule has 11 heteroatoms. The van der Waals surface area contributed by atoms with E-state index in [2.05, 4.69) is 33.1 Å². The van der Waals surface area contributed by atoms with Crippen molar-refractivity contribution >= 4 is 16.8 Å². The molecule has 37 heavy (non-hydrogen) atoms. The molecule has 1 aliphatic heterocycles. The van der Waals surface area contributed by atoms with E-state index in [9.17, 15) is 4.79 Å². The Bertz CT molecular complexity index is 1230. The molecule has 0 bridgehead atoms. The van der Waals surface area contributed by atoms with E-state index < -0.39 is 0 Å². The van der Waals surface area contributed by atoms with E-state index in [4.69, 9.17) is 23.7 Å². The number of aryl methyl sites for hydroxylation is 1. The topological polar surface area (TPSA) is 121 Å². The van der Waals surface area contributed by atoms with Crippen molar-refractivity contribution in [3.05, 3.63) is 54.8 Å². The summed E-state index contributed by atoms with van der Waals surface area (Å²) >= 11 is 0. The average Bonchev–Trinajstić information content (AvgIpc) is 3.23. The molecule has 196 valence electrons. The summed E-state index contributed by atoms with van der Waals surface area (Å²) in [6, 6.07) is 5.94. The third kappa shape index (κ3) is 6.56. The SMILES string of the molecule is C=CCOc1nc(OCC=C)nc(OCC2CN(C(=O)Cc3c(C)[nH]c4ccc(OC)cc34)CCO2)n1. The lowest BCUT2D eigenvalue weighted by atomic mass is 10.1. The first kappa shape index (κ1) is 26.0. The lowest BCUT2D eigenvalue weighted by molar-refractivity contribution is -0.139. The fourth-order valence-electron chi connectivity index (χ4n) is 3.97. The van der Waals surface area contributed by atoms with Gasteiger partial charge in [0.05, 0.1) is 26.7 Å². The Labute approximate surface area is 215 Å². The van der Waals surface area contributed by atoms with Crippen LogP contribution in [-0.4, -0.2) is 83.5 Å². The number of benzene rings is 1. The van der Waals surface area contributed by atoms with Gasteiger partial charge < -0.3 is 33.6 Å². The monoisotopic (exact) mass is 509 g/mol. The zero-order chi connectivity index (χ0) is 26.2. The average molecular weight is 510 g/mol. The maximum Gasteiger partial charge on any atom is 0.326 e. The third-order valence-corrected chi connectivity index (χ3v) is 5.78. The molecule has 1 amide bonds. The minimum Gasteiger partial charge on any atom is -0.497 e. The number of nitrogens with one attached hydrogen (secondary N) is 1. The Balaban J connectivity index is 1.39. The van der Waals surface area contributed by atoms with Gasteiger partial charge in [0.1, 0.15) is 31.7 Å². The van der Waals surface area contributed by atoms with E-state index in [0.717, 1.165) is 27.9 Å². The molecular formula is C26H31N5O6. The van der Waals surface area contributed by atoms with Gasteiger partial charge in [-0.2, -0.15) is 0 Å². The van der Waals surface area contributed by atoms with E-state index in [1.165, 1.54) is 0 Å². The van der Waals surface area contributed by atoms with Crippen LogP contribution in [0.5, 0.6) is 23.8 Å². The second kappa shape index (κ2) is 12.2. The quantitative estimate of drug-likeness (QED) is 0.367. The van der Waals surface area contributed by atoms with E-state index in [0.29, 0.717) is 19.7 Å². The summed E-state index contributed by atoms with van der Waals surface area (Å²) in [6.07, 6.45) is 3.07. The number of hydrogen-bond acceptors (Lipinski definition) is 9. The van der Waals surface area contributed by atoms with E-state index in [1.807, 2.05) is 25.1 Å². The van der Waals surface area contributed by atoms with Crippen LogP contribution in [0, 0.1) is 6.92 Å². The molecule has 2 aromatic heterocycles. The molecule has 0 saturated carbocycles. The molecular weight excluding hydrogens is 478 g/mol. The fourth-order valence-corrected chi connectivity index (χ4v) is 3.97. The van der Waals surface area contributed by atoms with Crippen LogP contribution in [0.1, 0.15) is 11.3 Å². The number of hydrogen-bond donors (Lipinski definition) is 1. The van der Waals surface area contributed by atoms with Crippen LogP contribution in [0.4, 0.5) is 0 Å². The molecule has 1 aromatic carbocycles. The third-order valence-electron chi connectivity index (χ3n) is 5.78. The predicted octanol–water partition coefficient (Wildman–Crippen LogP) is 2.65. The molecule has 1 unspecified atom stereocenters. The molecule has 0 radical (unpaired) electrons. The van der Waals surface area contributed by atoms with Crippen LogP contribution in [0.25, 0.3) is 10.9 Å². The summed E-state index contributed by atoms with van der Waals surface area (Å²) < 4.78 is 27.8. The molecule has 4 rings (SSSR count). The van der Waals surface area contributed by atoms with Gasteiger partial charge in [-0.3, -0.25) is 4.79 Å². The van der Waals surface area contributed by atoms with Gasteiger partial charge in [-0.05, 0) is 30.7 Å². The van der Waals surface area contributed by atoms with Crippen molar-refractivity contribution in [2.75, 3.05) is 46.6 Å². The van der Waals surface area contributed by atoms with Gasteiger partial charge in [0.25, 0.3) is 0 Å². The highest BCUT2D eigenvalue weighted by Gasteiger charge is 2.26. The summed E-state index contributed by atoms with van der Waals surface area (Å²) in [5, 5.41) is 0.983. The minimum absolute atomic E-state index is 0.0144. The van der Waals surface area contributed by atoms with Crippen molar-refractivity contribution in [1.82, 2.24) is 24.8 Å². The van der Waals surface area contributed by atoms with Crippen molar-refractivity contribution in [2.24, 2.45) is 0 Å². The maximum atomic E-state index is 13.2. The van der Waals surface area contributed by atoms with Gasteiger partial charge in [-0.1, -0.05) is 25.3 Å². The minimum atomic E-state index is -0.353. The number of ether oxygens (including phenoxy) is 5. The summed E-state index contributed by atoms with van der Waals surface area (Å²) in [5.74, 6) is 0.763. The van der Waals surface area contributed by atoms with Gasteiger partial charge in [0.15, 0.2) is 0 Å². The molecule has 3 heterocycles. The van der Waals surface area contributed by atoms with Gasteiger partial charge in [-0.15, -0.1) is 15.0 Å². The second-order valence-electron chi connectivity index (χ2n) is 8.34. The number of aromatic nitrogens is 4. The summed E-state index contributed by atoms with van der Waals surface area (Å²) in [5.41, 5.74) is 2.89. The Morgan fingerprint density at radius 1 is 1.14 bits per heavy atom. The maximum absolute atomic E-state index is 13.2. The Morgan fingerprint density at radius 3 is 2.46 bits per heavy atom. The van der Waals surface area contributed by atoms with Crippen LogP contribution in [0.2, 0.25) is 0 Å². The van der Waals surface area contributed by atoms with Gasteiger partial charge in [0, 0.05) is 23.1 Å². The largest absolute Gasteiger partial charge is 0.497 e. The van der Waals surface area contributed by atoms with Gasteiger partial charge >= 0.3 is 18.0 Å². The van der Waals surface area contributed by atoms with Crippen LogP contribution >= 0.6 is 0 Å². The van der Waals surface area contributed by atoms with Crippen molar-refractivity contribution in [3.8, 4) is 23.8 Å². The molecule has 1 aliphatic rings. The lowest BCUT2D eigenvalue weighted by Gasteiger charge is -2.32. The first-order valence-electron chi connectivity index (χ1n) is 11.9. The molecule has 0 aliphatic carbocycles. The second-order valence-corrected chi connectivity index (χ2v) is 8.34. The number of amides is 1. The highest BCUT2D eigenvalue weighted by atomic mass is 16.6. The number of nitrogens with zero attached hydrogens (tertiary/aromatic N) is 4. The normalized spacial score (nSPS) is 15.3. The summed E-state index contributed by atoms with van der Waals surface area (Å²) in [4.78, 5) is 30.7. The first-order chi connectivity index (χ1) is 18.0. The molecule has 1 atom stereocenters.